The Hall–Kier alpha value is -1.42. The zero-order valence-electron chi connectivity index (χ0n) is 18.3. The molecule has 0 unspecified atom stereocenters. The number of fused-ring (bicyclic) bond motifs is 3. The van der Waals surface area contributed by atoms with Crippen LogP contribution in [0.15, 0.2) is 45.3 Å². The molecule has 3 rings (SSSR count). The Balaban J connectivity index is 1.92. The summed E-state index contributed by atoms with van der Waals surface area (Å²) in [5.74, 6) is 1.41. The van der Waals surface area contributed by atoms with E-state index in [2.05, 4.69) is 44.0 Å². The average molecular weight is 572 g/mol. The first-order chi connectivity index (χ1) is 15.7. The lowest BCUT2D eigenvalue weighted by Gasteiger charge is -2.19. The topological polar surface area (TPSA) is 55.4 Å². The van der Waals surface area contributed by atoms with Gasteiger partial charge in [-0.1, -0.05) is 31.9 Å². The molecular weight excluding hydrogens is 544 g/mol. The van der Waals surface area contributed by atoms with Crippen LogP contribution in [-0.4, -0.2) is 67.1 Å². The van der Waals surface area contributed by atoms with Crippen molar-refractivity contribution < 1.29 is 28.4 Å². The Morgan fingerprint density at radius 1 is 0.531 bits per heavy atom. The minimum absolute atomic E-state index is 0.400. The van der Waals surface area contributed by atoms with Crippen molar-refractivity contribution >= 4 is 53.4 Å². The van der Waals surface area contributed by atoms with E-state index in [1.54, 1.807) is 14.2 Å². The van der Waals surface area contributed by atoms with Crippen LogP contribution in [0, 0.1) is 0 Å². The standard InChI is InChI=1S/C24H28Br2O6/c1-27-7-9-29-11-13-31-23-19-5-3-17(25)15-21(19)22-16-18(26)4-6-20(22)24(23)32-14-12-30-10-8-28-2/h3-6,15-16H,7-14H2,1-2H3. The van der Waals surface area contributed by atoms with E-state index < -0.39 is 0 Å². The van der Waals surface area contributed by atoms with E-state index in [1.165, 1.54) is 0 Å². The molecule has 3 aromatic rings. The molecule has 0 aliphatic carbocycles. The van der Waals surface area contributed by atoms with Gasteiger partial charge in [0.05, 0.1) is 39.6 Å². The van der Waals surface area contributed by atoms with Crippen LogP contribution in [0.5, 0.6) is 11.5 Å². The minimum atomic E-state index is 0.400. The highest BCUT2D eigenvalue weighted by molar-refractivity contribution is 9.10. The van der Waals surface area contributed by atoms with E-state index in [4.69, 9.17) is 28.4 Å². The summed E-state index contributed by atoms with van der Waals surface area (Å²) >= 11 is 7.19. The first kappa shape index (κ1) is 25.2. The fourth-order valence-electron chi connectivity index (χ4n) is 3.30. The lowest BCUT2D eigenvalue weighted by molar-refractivity contribution is 0.0503. The Kier molecular flexibility index (Phi) is 10.5. The van der Waals surface area contributed by atoms with Gasteiger partial charge in [-0.15, -0.1) is 0 Å². The van der Waals surface area contributed by atoms with E-state index >= 15 is 0 Å². The van der Waals surface area contributed by atoms with Gasteiger partial charge in [0, 0.05) is 33.9 Å². The first-order valence-electron chi connectivity index (χ1n) is 10.4. The minimum Gasteiger partial charge on any atom is -0.487 e. The third-order valence-electron chi connectivity index (χ3n) is 4.76. The molecule has 0 spiro atoms. The van der Waals surface area contributed by atoms with Crippen molar-refractivity contribution in [3.05, 3.63) is 45.3 Å². The van der Waals surface area contributed by atoms with Gasteiger partial charge in [-0.2, -0.15) is 0 Å². The fraction of sp³-hybridized carbons (Fsp3) is 0.417. The summed E-state index contributed by atoms with van der Waals surface area (Å²) in [6.45, 7) is 3.88. The summed E-state index contributed by atoms with van der Waals surface area (Å²) in [7, 11) is 3.31. The summed E-state index contributed by atoms with van der Waals surface area (Å²) in [5, 5.41) is 4.11. The molecule has 0 saturated carbocycles. The molecule has 32 heavy (non-hydrogen) atoms. The highest BCUT2D eigenvalue weighted by Gasteiger charge is 2.18. The lowest BCUT2D eigenvalue weighted by atomic mass is 10.00. The predicted molar refractivity (Wildman–Crippen MR) is 133 cm³/mol. The van der Waals surface area contributed by atoms with Crippen molar-refractivity contribution in [3.8, 4) is 11.5 Å². The third kappa shape index (κ3) is 6.79. The first-order valence-corrected chi connectivity index (χ1v) is 12.0. The van der Waals surface area contributed by atoms with Crippen LogP contribution in [0.3, 0.4) is 0 Å². The van der Waals surface area contributed by atoms with Gasteiger partial charge in [0.15, 0.2) is 11.5 Å². The second-order valence-electron chi connectivity index (χ2n) is 6.95. The van der Waals surface area contributed by atoms with E-state index in [-0.39, 0.29) is 0 Å². The maximum atomic E-state index is 6.23. The molecule has 0 fully saturated rings. The van der Waals surface area contributed by atoms with Gasteiger partial charge in [0.25, 0.3) is 0 Å². The Morgan fingerprint density at radius 2 is 0.938 bits per heavy atom. The monoisotopic (exact) mass is 570 g/mol. The Morgan fingerprint density at radius 3 is 1.34 bits per heavy atom. The Labute approximate surface area is 205 Å². The SMILES string of the molecule is COCCOCCOc1c(OCCOCCOC)c2ccc(Br)cc2c2cc(Br)ccc12. The van der Waals surface area contributed by atoms with Crippen molar-refractivity contribution in [3.63, 3.8) is 0 Å². The number of rotatable bonds is 14. The van der Waals surface area contributed by atoms with Gasteiger partial charge in [-0.25, -0.2) is 0 Å². The molecule has 0 aliphatic rings. The van der Waals surface area contributed by atoms with Crippen LogP contribution in [0.2, 0.25) is 0 Å². The molecule has 0 bridgehead atoms. The highest BCUT2D eigenvalue weighted by Crippen LogP contribution is 2.45. The molecule has 3 aromatic carbocycles. The molecule has 0 radical (unpaired) electrons. The van der Waals surface area contributed by atoms with Gasteiger partial charge in [0.1, 0.15) is 13.2 Å². The van der Waals surface area contributed by atoms with Gasteiger partial charge < -0.3 is 28.4 Å². The zero-order chi connectivity index (χ0) is 22.8. The van der Waals surface area contributed by atoms with Crippen LogP contribution >= 0.6 is 31.9 Å². The van der Waals surface area contributed by atoms with Gasteiger partial charge in [-0.05, 0) is 47.2 Å². The molecule has 0 aliphatic heterocycles. The largest absolute Gasteiger partial charge is 0.487 e. The summed E-state index contributed by atoms with van der Waals surface area (Å²) < 4.78 is 35.6. The van der Waals surface area contributed by atoms with Gasteiger partial charge >= 0.3 is 0 Å². The number of benzene rings is 3. The van der Waals surface area contributed by atoms with Crippen LogP contribution in [0.4, 0.5) is 0 Å². The highest BCUT2D eigenvalue weighted by atomic mass is 79.9. The second-order valence-corrected chi connectivity index (χ2v) is 8.78. The number of ether oxygens (including phenoxy) is 6. The van der Waals surface area contributed by atoms with Gasteiger partial charge in [-0.3, -0.25) is 0 Å². The maximum absolute atomic E-state index is 6.23. The normalized spacial score (nSPS) is 11.4. The van der Waals surface area contributed by atoms with Crippen LogP contribution in [0.25, 0.3) is 21.5 Å². The molecule has 6 nitrogen and oxygen atoms in total. The number of hydrogen-bond donors (Lipinski definition) is 0. The number of hydrogen-bond acceptors (Lipinski definition) is 6. The quantitative estimate of drug-likeness (QED) is 0.185. The average Bonchev–Trinajstić information content (AvgIpc) is 2.79. The molecule has 0 amide bonds. The molecule has 0 N–H and O–H groups in total. The fourth-order valence-corrected chi connectivity index (χ4v) is 4.02. The van der Waals surface area contributed by atoms with Crippen LogP contribution in [-0.2, 0) is 18.9 Å². The summed E-state index contributed by atoms with van der Waals surface area (Å²) in [6.07, 6.45) is 0. The van der Waals surface area contributed by atoms with E-state index in [0.29, 0.717) is 64.4 Å². The molecule has 0 heterocycles. The lowest BCUT2D eigenvalue weighted by Crippen LogP contribution is -2.13. The molecule has 0 aromatic heterocycles. The number of methoxy groups -OCH3 is 2. The molecule has 0 saturated heterocycles. The van der Waals surface area contributed by atoms with E-state index in [9.17, 15) is 0 Å². The molecule has 8 heteroatoms. The molecular formula is C24H28Br2O6. The predicted octanol–water partition coefficient (Wildman–Crippen LogP) is 5.60. The smallest absolute Gasteiger partial charge is 0.169 e. The van der Waals surface area contributed by atoms with E-state index in [0.717, 1.165) is 30.5 Å². The Bertz CT molecular complexity index is 930. The zero-order valence-corrected chi connectivity index (χ0v) is 21.5. The van der Waals surface area contributed by atoms with E-state index in [1.807, 2.05) is 24.3 Å². The van der Waals surface area contributed by atoms with Crippen molar-refractivity contribution in [2.24, 2.45) is 0 Å². The number of halogens is 2. The third-order valence-corrected chi connectivity index (χ3v) is 5.75. The van der Waals surface area contributed by atoms with Gasteiger partial charge in [0.2, 0.25) is 0 Å². The maximum Gasteiger partial charge on any atom is 0.169 e. The van der Waals surface area contributed by atoms with Crippen molar-refractivity contribution in [2.75, 3.05) is 67.1 Å². The second kappa shape index (κ2) is 13.3. The van der Waals surface area contributed by atoms with Crippen LogP contribution in [0.1, 0.15) is 0 Å². The summed E-state index contributed by atoms with van der Waals surface area (Å²) in [6, 6.07) is 12.3. The molecule has 174 valence electrons. The summed E-state index contributed by atoms with van der Waals surface area (Å²) in [4.78, 5) is 0. The van der Waals surface area contributed by atoms with Crippen molar-refractivity contribution in [1.82, 2.24) is 0 Å². The van der Waals surface area contributed by atoms with Crippen molar-refractivity contribution in [2.45, 2.75) is 0 Å². The summed E-state index contributed by atoms with van der Waals surface area (Å²) in [5.41, 5.74) is 0. The molecule has 0 atom stereocenters. The van der Waals surface area contributed by atoms with Crippen LogP contribution < -0.4 is 9.47 Å². The van der Waals surface area contributed by atoms with Crippen molar-refractivity contribution in [1.29, 1.82) is 0 Å².